The number of benzene rings is 1. The zero-order valence-corrected chi connectivity index (χ0v) is 18.2. The van der Waals surface area contributed by atoms with E-state index in [2.05, 4.69) is 0 Å². The third kappa shape index (κ3) is 2.49. The number of ketones is 2. The van der Waals surface area contributed by atoms with Crippen LogP contribution >= 0.6 is 11.6 Å². The standard InChI is InChI=1S/C22H21ClN2O7/c1-21(31)9-6-10-16(25(2)3)17(27)8(7-24)19(29)22(10,32)20(30)13(9)18(28)14-12(26)5-4-11(23)15(14)21/h4-5,9-10,16,26,28-29,31-32H,6H2,1-3H3/t9-,10-,16-,21-,22+/m0/s1. The summed E-state index contributed by atoms with van der Waals surface area (Å²) in [6.07, 6.45) is -0.211. The summed E-state index contributed by atoms with van der Waals surface area (Å²) in [5, 5.41) is 64.4. The van der Waals surface area contributed by atoms with Gasteiger partial charge in [-0.3, -0.25) is 14.5 Å². The Morgan fingerprint density at radius 3 is 2.38 bits per heavy atom. The van der Waals surface area contributed by atoms with Gasteiger partial charge in [0, 0.05) is 28.0 Å². The first kappa shape index (κ1) is 22.3. The molecule has 4 rings (SSSR count). The minimum atomic E-state index is -2.69. The van der Waals surface area contributed by atoms with Crippen molar-refractivity contribution in [2.45, 2.75) is 30.6 Å². The zero-order valence-electron chi connectivity index (χ0n) is 17.4. The molecule has 0 radical (unpaired) electrons. The van der Waals surface area contributed by atoms with Gasteiger partial charge in [-0.15, -0.1) is 0 Å². The van der Waals surface area contributed by atoms with E-state index in [0.717, 1.165) is 0 Å². The number of phenols is 1. The molecule has 1 fully saturated rings. The van der Waals surface area contributed by atoms with Crippen molar-refractivity contribution in [2.24, 2.45) is 11.8 Å². The molecule has 1 saturated carbocycles. The SMILES string of the molecule is CN(C)[C@@H]1C(=O)C(C#N)=C(O)[C@@]2(O)C(=O)C3=C(O)c4c(O)ccc(Cl)c4[C@@](C)(O)[C@H]3C[C@@H]12. The second-order valence-corrected chi connectivity index (χ2v) is 9.23. The lowest BCUT2D eigenvalue weighted by atomic mass is 9.54. The molecule has 0 heterocycles. The highest BCUT2D eigenvalue weighted by atomic mass is 35.5. The number of nitriles is 1. The van der Waals surface area contributed by atoms with Crippen molar-refractivity contribution in [1.29, 1.82) is 5.26 Å². The first-order valence-electron chi connectivity index (χ1n) is 9.81. The van der Waals surface area contributed by atoms with Crippen molar-refractivity contribution in [3.63, 3.8) is 0 Å². The van der Waals surface area contributed by atoms with Gasteiger partial charge in [0.2, 0.25) is 5.78 Å². The molecular formula is C22H21ClN2O7. The van der Waals surface area contributed by atoms with Gasteiger partial charge in [0.25, 0.3) is 0 Å². The van der Waals surface area contributed by atoms with E-state index in [1.54, 1.807) is 6.07 Å². The van der Waals surface area contributed by atoms with Crippen LogP contribution in [-0.2, 0) is 15.2 Å². The maximum atomic E-state index is 13.6. The van der Waals surface area contributed by atoms with Gasteiger partial charge in [0.1, 0.15) is 23.2 Å². The number of hydrogen-bond donors (Lipinski definition) is 5. The first-order chi connectivity index (χ1) is 14.8. The topological polar surface area (TPSA) is 162 Å². The predicted octanol–water partition coefficient (Wildman–Crippen LogP) is 1.32. The molecule has 1 aromatic carbocycles. The fourth-order valence-electron chi connectivity index (χ4n) is 5.45. The molecule has 32 heavy (non-hydrogen) atoms. The quantitative estimate of drug-likeness (QED) is 0.416. The lowest BCUT2D eigenvalue weighted by Crippen LogP contribution is -2.66. The van der Waals surface area contributed by atoms with Crippen LogP contribution < -0.4 is 0 Å². The van der Waals surface area contributed by atoms with Crippen molar-refractivity contribution in [2.75, 3.05) is 14.1 Å². The lowest BCUT2D eigenvalue weighted by molar-refractivity contribution is -0.158. The number of phenolic OH excluding ortho intramolecular Hbond substituents is 1. The summed E-state index contributed by atoms with van der Waals surface area (Å²) in [7, 11) is 3.05. The van der Waals surface area contributed by atoms with Crippen molar-refractivity contribution in [3.8, 4) is 11.8 Å². The van der Waals surface area contributed by atoms with E-state index >= 15 is 0 Å². The van der Waals surface area contributed by atoms with E-state index in [0.29, 0.717) is 0 Å². The molecule has 5 atom stereocenters. The van der Waals surface area contributed by atoms with Crippen LogP contribution in [-0.4, -0.2) is 67.7 Å². The molecule has 0 bridgehead atoms. The van der Waals surface area contributed by atoms with E-state index in [4.69, 9.17) is 11.6 Å². The number of likely N-dealkylation sites (N-methyl/N-ethyl adjacent to an activating group) is 1. The van der Waals surface area contributed by atoms with Gasteiger partial charge in [-0.2, -0.15) is 5.26 Å². The number of halogens is 1. The summed E-state index contributed by atoms with van der Waals surface area (Å²) < 4.78 is 0. The molecule has 0 saturated heterocycles. The number of Topliss-reactive ketones (excluding diaryl/α,β-unsaturated/α-hetero) is 2. The van der Waals surface area contributed by atoms with Gasteiger partial charge < -0.3 is 25.5 Å². The van der Waals surface area contributed by atoms with E-state index < -0.39 is 69.1 Å². The van der Waals surface area contributed by atoms with E-state index in [1.165, 1.54) is 38.1 Å². The third-order valence-electron chi connectivity index (χ3n) is 6.94. The van der Waals surface area contributed by atoms with Crippen LogP contribution in [0.2, 0.25) is 5.02 Å². The fourth-order valence-corrected chi connectivity index (χ4v) is 5.80. The summed E-state index contributed by atoms with van der Waals surface area (Å²) in [6.45, 7) is 1.36. The number of aromatic hydroxyl groups is 1. The molecule has 5 N–H and O–H groups in total. The normalized spacial score (nSPS) is 34.2. The Hall–Kier alpha value is -2.90. The van der Waals surface area contributed by atoms with Crippen LogP contribution in [0.25, 0.3) is 5.76 Å². The zero-order chi connectivity index (χ0) is 23.9. The van der Waals surface area contributed by atoms with Crippen molar-refractivity contribution < 1.29 is 35.1 Å². The Kier molecular flexibility index (Phi) is 4.74. The van der Waals surface area contributed by atoms with Crippen LogP contribution in [0.4, 0.5) is 0 Å². The Labute approximate surface area is 188 Å². The summed E-state index contributed by atoms with van der Waals surface area (Å²) >= 11 is 6.27. The van der Waals surface area contributed by atoms with Gasteiger partial charge in [0.05, 0.1) is 17.2 Å². The Balaban J connectivity index is 2.07. The van der Waals surface area contributed by atoms with Gasteiger partial charge in [-0.05, 0) is 39.6 Å². The van der Waals surface area contributed by atoms with Crippen molar-refractivity contribution >= 4 is 28.9 Å². The molecule has 0 amide bonds. The summed E-state index contributed by atoms with van der Waals surface area (Å²) in [5.41, 5.74) is -5.99. The number of nitrogens with zero attached hydrogens (tertiary/aromatic N) is 2. The van der Waals surface area contributed by atoms with Crippen LogP contribution in [0.1, 0.15) is 24.5 Å². The number of rotatable bonds is 1. The van der Waals surface area contributed by atoms with Crippen LogP contribution in [0.15, 0.2) is 29.0 Å². The van der Waals surface area contributed by atoms with Crippen LogP contribution in [0.5, 0.6) is 5.75 Å². The molecule has 3 aliphatic carbocycles. The molecule has 0 aliphatic heterocycles. The molecule has 3 aliphatic rings. The molecule has 0 aromatic heterocycles. The van der Waals surface area contributed by atoms with Crippen molar-refractivity contribution in [1.82, 2.24) is 4.90 Å². The number of carbonyl (C=O) groups is 2. The molecule has 168 valence electrons. The number of hydrogen-bond acceptors (Lipinski definition) is 9. The maximum Gasteiger partial charge on any atom is 0.202 e. The summed E-state index contributed by atoms with van der Waals surface area (Å²) in [6, 6.07) is 2.92. The van der Waals surface area contributed by atoms with Gasteiger partial charge in [0.15, 0.2) is 17.1 Å². The molecule has 0 unspecified atom stereocenters. The molecule has 0 spiro atoms. The van der Waals surface area contributed by atoms with E-state index in [9.17, 15) is 40.4 Å². The van der Waals surface area contributed by atoms with Crippen LogP contribution in [0, 0.1) is 23.2 Å². The number of aliphatic hydroxyl groups is 4. The average molecular weight is 461 g/mol. The van der Waals surface area contributed by atoms with Gasteiger partial charge in [-0.1, -0.05) is 11.6 Å². The number of aliphatic hydroxyl groups excluding tert-OH is 2. The molecule has 1 aromatic rings. The second-order valence-electron chi connectivity index (χ2n) is 8.82. The second kappa shape index (κ2) is 6.80. The van der Waals surface area contributed by atoms with Crippen LogP contribution in [0.3, 0.4) is 0 Å². The molecular weight excluding hydrogens is 440 g/mol. The summed E-state index contributed by atoms with van der Waals surface area (Å²) in [5.74, 6) is -6.51. The average Bonchev–Trinajstić information content (AvgIpc) is 2.70. The first-order valence-corrected chi connectivity index (χ1v) is 10.2. The Morgan fingerprint density at radius 2 is 1.81 bits per heavy atom. The Bertz CT molecular complexity index is 1190. The largest absolute Gasteiger partial charge is 0.507 e. The minimum Gasteiger partial charge on any atom is -0.507 e. The fraction of sp³-hybridized carbons (Fsp3) is 0.409. The maximum absolute atomic E-state index is 13.6. The predicted molar refractivity (Wildman–Crippen MR) is 112 cm³/mol. The molecule has 10 heteroatoms. The highest BCUT2D eigenvalue weighted by molar-refractivity contribution is 6.32. The van der Waals surface area contributed by atoms with E-state index in [-0.39, 0.29) is 22.6 Å². The number of fused-ring (bicyclic) bond motifs is 3. The third-order valence-corrected chi connectivity index (χ3v) is 7.25. The van der Waals surface area contributed by atoms with Gasteiger partial charge >= 0.3 is 0 Å². The smallest absolute Gasteiger partial charge is 0.202 e. The highest BCUT2D eigenvalue weighted by Crippen LogP contribution is 2.58. The highest BCUT2D eigenvalue weighted by Gasteiger charge is 2.66. The number of carbonyl (C=O) groups excluding carboxylic acids is 2. The Morgan fingerprint density at radius 1 is 1.19 bits per heavy atom. The monoisotopic (exact) mass is 460 g/mol. The van der Waals surface area contributed by atoms with Crippen molar-refractivity contribution in [3.05, 3.63) is 45.2 Å². The van der Waals surface area contributed by atoms with E-state index in [1.807, 2.05) is 0 Å². The lowest BCUT2D eigenvalue weighted by Gasteiger charge is -2.52. The summed E-state index contributed by atoms with van der Waals surface area (Å²) in [4.78, 5) is 28.0. The van der Waals surface area contributed by atoms with Gasteiger partial charge in [-0.25, -0.2) is 0 Å². The molecule has 9 nitrogen and oxygen atoms in total. The minimum absolute atomic E-state index is 0.00433.